The lowest BCUT2D eigenvalue weighted by atomic mass is 10.1. The van der Waals surface area contributed by atoms with Crippen LogP contribution in [0, 0.1) is 0 Å². The van der Waals surface area contributed by atoms with Crippen molar-refractivity contribution in [2.45, 2.75) is 0 Å². The third-order valence-electron chi connectivity index (χ3n) is 4.72. The number of methoxy groups -OCH3 is 2. The number of aliphatic imine (C=N–C) groups is 1. The van der Waals surface area contributed by atoms with E-state index < -0.39 is 0 Å². The molecule has 2 aromatic carbocycles. The molecule has 1 aromatic heterocycles. The number of carbonyl (C=O) groups excluding carboxylic acids is 1. The molecule has 1 N–H and O–H groups in total. The molecular weight excluding hydrogens is 402 g/mol. The Morgan fingerprint density at radius 3 is 2.40 bits per heavy atom. The van der Waals surface area contributed by atoms with E-state index in [-0.39, 0.29) is 10.8 Å². The molecule has 30 heavy (non-hydrogen) atoms. The maximum atomic E-state index is 12.9. The van der Waals surface area contributed by atoms with Crippen molar-refractivity contribution in [2.24, 2.45) is 12.0 Å². The van der Waals surface area contributed by atoms with Crippen LogP contribution >= 0.6 is 11.8 Å². The van der Waals surface area contributed by atoms with Crippen molar-refractivity contribution in [3.8, 4) is 11.5 Å². The third-order valence-corrected chi connectivity index (χ3v) is 5.54. The average molecular weight is 421 g/mol. The highest BCUT2D eigenvalue weighted by Gasteiger charge is 2.24. The zero-order valence-corrected chi connectivity index (χ0v) is 17.4. The number of amidine groups is 1. The van der Waals surface area contributed by atoms with Crippen molar-refractivity contribution in [3.63, 3.8) is 0 Å². The van der Waals surface area contributed by atoms with Crippen LogP contribution in [0.1, 0.15) is 5.56 Å². The maximum Gasteiger partial charge on any atom is 0.289 e. The van der Waals surface area contributed by atoms with Crippen LogP contribution in [0.15, 0.2) is 63.2 Å². The Morgan fingerprint density at radius 2 is 1.70 bits per heavy atom. The second kappa shape index (κ2) is 8.08. The van der Waals surface area contributed by atoms with Gasteiger partial charge in [-0.2, -0.15) is 0 Å². The molecule has 1 fully saturated rings. The lowest BCUT2D eigenvalue weighted by molar-refractivity contribution is 0.265. The summed E-state index contributed by atoms with van der Waals surface area (Å²) in [6.45, 7) is 0. The van der Waals surface area contributed by atoms with Gasteiger partial charge >= 0.3 is 0 Å². The fourth-order valence-corrected chi connectivity index (χ4v) is 3.87. The monoisotopic (exact) mass is 421 g/mol. The van der Waals surface area contributed by atoms with E-state index in [1.807, 2.05) is 18.2 Å². The van der Waals surface area contributed by atoms with Gasteiger partial charge in [-0.05, 0) is 65.7 Å². The maximum absolute atomic E-state index is 12.9. The van der Waals surface area contributed by atoms with Crippen molar-refractivity contribution < 1.29 is 14.3 Å². The largest absolute Gasteiger partial charge is 0.497 e. The number of thioether (sulfide) groups is 1. The van der Waals surface area contributed by atoms with Crippen LogP contribution in [0.3, 0.4) is 0 Å². The number of fused-ring (bicyclic) bond motifs is 1. The Balaban J connectivity index is 1.77. The number of aromatic nitrogens is 1. The van der Waals surface area contributed by atoms with Gasteiger partial charge in [-0.25, -0.2) is 4.99 Å². The van der Waals surface area contributed by atoms with Crippen molar-refractivity contribution >= 4 is 45.5 Å². The Labute approximate surface area is 177 Å². The predicted molar refractivity (Wildman–Crippen MR) is 120 cm³/mol. The summed E-state index contributed by atoms with van der Waals surface area (Å²) in [5.74, 6) is 1.81. The first-order chi connectivity index (χ1) is 14.5. The number of amides is 1. The lowest BCUT2D eigenvalue weighted by Crippen LogP contribution is -2.20. The smallest absolute Gasteiger partial charge is 0.289 e. The molecule has 1 aliphatic rings. The van der Waals surface area contributed by atoms with Crippen molar-refractivity contribution in [1.82, 2.24) is 9.88 Å². The fraction of sp³-hybridized carbons (Fsp3) is 0.136. The van der Waals surface area contributed by atoms with E-state index in [1.165, 1.54) is 0 Å². The standard InChI is InChI=1S/C22H19N3O4S/c1-25-18-12-17(29-3)7-4-13(18)10-14(21(25)26)11-19-20(24-22(27)30-19)23-15-5-8-16(28-2)9-6-15/h4-12H,1-3H3,(H,23,24,27)/b19-11-. The van der Waals surface area contributed by atoms with Gasteiger partial charge in [-0.3, -0.25) is 9.59 Å². The Morgan fingerprint density at radius 1 is 1.00 bits per heavy atom. The molecule has 4 rings (SSSR count). The van der Waals surface area contributed by atoms with Crippen molar-refractivity contribution in [2.75, 3.05) is 14.2 Å². The van der Waals surface area contributed by atoms with Crippen LogP contribution in [0.2, 0.25) is 0 Å². The van der Waals surface area contributed by atoms with Crippen LogP contribution in [0.4, 0.5) is 10.5 Å². The van der Waals surface area contributed by atoms with E-state index in [1.54, 1.807) is 62.2 Å². The molecule has 1 amide bonds. The quantitative estimate of drug-likeness (QED) is 0.686. The van der Waals surface area contributed by atoms with Crippen LogP contribution in [0.25, 0.3) is 17.0 Å². The van der Waals surface area contributed by atoms with Gasteiger partial charge in [0, 0.05) is 18.7 Å². The Kier molecular flexibility index (Phi) is 5.33. The summed E-state index contributed by atoms with van der Waals surface area (Å²) in [5.41, 5.74) is 1.73. The van der Waals surface area contributed by atoms with Gasteiger partial charge in [0.2, 0.25) is 0 Å². The summed E-state index contributed by atoms with van der Waals surface area (Å²) in [5, 5.41) is 3.39. The number of hydrogen-bond donors (Lipinski definition) is 1. The van der Waals surface area contributed by atoms with Gasteiger partial charge in [0.15, 0.2) is 0 Å². The third kappa shape index (κ3) is 3.81. The molecule has 0 aliphatic carbocycles. The molecule has 2 heterocycles. The number of pyridine rings is 1. The summed E-state index contributed by atoms with van der Waals surface area (Å²) in [4.78, 5) is 30.0. The van der Waals surface area contributed by atoms with E-state index in [0.29, 0.717) is 27.7 Å². The second-order valence-corrected chi connectivity index (χ2v) is 7.58. The molecule has 0 atom stereocenters. The molecule has 0 saturated carbocycles. The van der Waals surface area contributed by atoms with E-state index in [4.69, 9.17) is 9.47 Å². The van der Waals surface area contributed by atoms with Crippen molar-refractivity contribution in [3.05, 3.63) is 69.4 Å². The summed E-state index contributed by atoms with van der Waals surface area (Å²) in [6, 6.07) is 14.5. The number of ether oxygens (including phenoxy) is 2. The summed E-state index contributed by atoms with van der Waals surface area (Å²) in [7, 11) is 4.89. The molecule has 0 radical (unpaired) electrons. The van der Waals surface area contributed by atoms with Crippen LogP contribution in [0.5, 0.6) is 11.5 Å². The molecule has 3 aromatic rings. The first kappa shape index (κ1) is 19.8. The Hall–Kier alpha value is -3.52. The summed E-state index contributed by atoms with van der Waals surface area (Å²) in [6.07, 6.45) is 1.69. The van der Waals surface area contributed by atoms with E-state index in [0.717, 1.165) is 28.4 Å². The summed E-state index contributed by atoms with van der Waals surface area (Å²) >= 11 is 1.01. The molecule has 8 heteroatoms. The topological polar surface area (TPSA) is 81.9 Å². The minimum Gasteiger partial charge on any atom is -0.497 e. The van der Waals surface area contributed by atoms with Gasteiger partial charge in [-0.15, -0.1) is 0 Å². The number of nitrogens with one attached hydrogen (secondary N) is 1. The zero-order valence-electron chi connectivity index (χ0n) is 16.6. The molecule has 7 nitrogen and oxygen atoms in total. The van der Waals surface area contributed by atoms with Gasteiger partial charge in [0.05, 0.1) is 30.3 Å². The van der Waals surface area contributed by atoms with Gasteiger partial charge < -0.3 is 19.4 Å². The molecule has 1 saturated heterocycles. The number of hydrogen-bond acceptors (Lipinski definition) is 6. The SMILES string of the molecule is COc1ccc(N=C2NC(=O)S/C2=C\c2cc3ccc(OC)cc3n(C)c2=O)cc1. The van der Waals surface area contributed by atoms with E-state index >= 15 is 0 Å². The van der Waals surface area contributed by atoms with E-state index in [2.05, 4.69) is 10.3 Å². The molecule has 0 unspecified atom stereocenters. The van der Waals surface area contributed by atoms with Crippen LogP contribution < -0.4 is 20.3 Å². The predicted octanol–water partition coefficient (Wildman–Crippen LogP) is 4.08. The van der Waals surface area contributed by atoms with Gasteiger partial charge in [0.25, 0.3) is 10.8 Å². The number of nitrogens with zero attached hydrogens (tertiary/aromatic N) is 2. The van der Waals surface area contributed by atoms with Gasteiger partial charge in [-0.1, -0.05) is 0 Å². The highest BCUT2D eigenvalue weighted by molar-refractivity contribution is 8.18. The molecular formula is C22H19N3O4S. The molecule has 0 spiro atoms. The first-order valence-electron chi connectivity index (χ1n) is 9.10. The highest BCUT2D eigenvalue weighted by Crippen LogP contribution is 2.29. The van der Waals surface area contributed by atoms with Crippen molar-refractivity contribution in [1.29, 1.82) is 0 Å². The number of aryl methyl sites for hydroxylation is 1. The molecule has 0 bridgehead atoms. The van der Waals surface area contributed by atoms with E-state index in [9.17, 15) is 9.59 Å². The summed E-state index contributed by atoms with van der Waals surface area (Å²) < 4.78 is 12.0. The minimum absolute atomic E-state index is 0.174. The Bertz CT molecular complexity index is 1260. The number of benzene rings is 2. The minimum atomic E-state index is -0.240. The number of carbonyl (C=O) groups is 1. The van der Waals surface area contributed by atoms with Crippen LogP contribution in [-0.4, -0.2) is 29.9 Å². The molecule has 1 aliphatic heterocycles. The zero-order chi connectivity index (χ0) is 21.3. The average Bonchev–Trinajstić information content (AvgIpc) is 3.10. The number of rotatable bonds is 4. The van der Waals surface area contributed by atoms with Crippen LogP contribution in [-0.2, 0) is 7.05 Å². The lowest BCUT2D eigenvalue weighted by Gasteiger charge is -2.09. The normalized spacial score (nSPS) is 16.3. The highest BCUT2D eigenvalue weighted by atomic mass is 32.2. The van der Waals surface area contributed by atoms with Gasteiger partial charge in [0.1, 0.15) is 17.3 Å². The molecule has 152 valence electrons. The fourth-order valence-electron chi connectivity index (χ4n) is 3.14. The second-order valence-electron chi connectivity index (χ2n) is 6.57. The first-order valence-corrected chi connectivity index (χ1v) is 9.91.